The highest BCUT2D eigenvalue weighted by Gasteiger charge is 2.32. The molecule has 0 N–H and O–H groups in total. The minimum Gasteiger partial charge on any atom is -0.352 e. The lowest BCUT2D eigenvalue weighted by Crippen LogP contribution is -2.44. The van der Waals surface area contributed by atoms with Crippen LogP contribution >= 0.6 is 0 Å². The van der Waals surface area contributed by atoms with Gasteiger partial charge in [0.25, 0.3) is 0 Å². The largest absolute Gasteiger partial charge is 0.352 e. The number of allylic oxidation sites excluding steroid dienone is 1. The van der Waals surface area contributed by atoms with Gasteiger partial charge in [0.05, 0.1) is 32.3 Å². The first-order valence-corrected chi connectivity index (χ1v) is 6.92. The van der Waals surface area contributed by atoms with Gasteiger partial charge in [-0.2, -0.15) is 0 Å². The van der Waals surface area contributed by atoms with E-state index in [4.69, 9.17) is 18.9 Å². The molecule has 4 nitrogen and oxygen atoms in total. The van der Waals surface area contributed by atoms with Gasteiger partial charge in [-0.3, -0.25) is 0 Å². The van der Waals surface area contributed by atoms with E-state index in [0.29, 0.717) is 19.1 Å². The summed E-state index contributed by atoms with van der Waals surface area (Å²) in [4.78, 5) is 0. The van der Waals surface area contributed by atoms with Crippen molar-refractivity contribution in [1.29, 1.82) is 0 Å². The third-order valence-corrected chi connectivity index (χ3v) is 3.32. The fraction of sp³-hybridized carbons (Fsp3) is 0.857. The summed E-state index contributed by atoms with van der Waals surface area (Å²) in [6.07, 6.45) is 6.00. The molecule has 4 heteroatoms. The summed E-state index contributed by atoms with van der Waals surface area (Å²) in [5, 5.41) is 0. The Labute approximate surface area is 109 Å². The highest BCUT2D eigenvalue weighted by atomic mass is 16.7. The van der Waals surface area contributed by atoms with Crippen molar-refractivity contribution in [3.63, 3.8) is 0 Å². The molecule has 2 aliphatic heterocycles. The van der Waals surface area contributed by atoms with E-state index in [1.165, 1.54) is 0 Å². The van der Waals surface area contributed by atoms with Gasteiger partial charge in [-0.05, 0) is 13.3 Å². The van der Waals surface area contributed by atoms with E-state index < -0.39 is 0 Å². The van der Waals surface area contributed by atoms with Crippen molar-refractivity contribution >= 4 is 0 Å². The summed E-state index contributed by atoms with van der Waals surface area (Å²) < 4.78 is 22.8. The van der Waals surface area contributed by atoms with Gasteiger partial charge in [0, 0.05) is 5.92 Å². The Balaban J connectivity index is 1.71. The quantitative estimate of drug-likeness (QED) is 0.723. The number of ether oxygens (including phenoxy) is 4. The predicted octanol–water partition coefficient (Wildman–Crippen LogP) is 2.34. The molecule has 0 atom stereocenters. The van der Waals surface area contributed by atoms with Crippen LogP contribution in [0.15, 0.2) is 12.2 Å². The van der Waals surface area contributed by atoms with E-state index in [1.54, 1.807) is 0 Å². The Hall–Kier alpha value is -0.420. The van der Waals surface area contributed by atoms with Gasteiger partial charge < -0.3 is 18.9 Å². The first-order chi connectivity index (χ1) is 8.83. The lowest BCUT2D eigenvalue weighted by atomic mass is 10.1. The molecular formula is C14H24O4. The Kier molecular flexibility index (Phi) is 5.63. The molecule has 2 rings (SSSR count). The first-order valence-electron chi connectivity index (χ1n) is 6.92. The molecule has 2 saturated heterocycles. The molecule has 0 unspecified atom stereocenters. The number of hydrogen-bond donors (Lipinski definition) is 0. The fourth-order valence-corrected chi connectivity index (χ4v) is 2.31. The van der Waals surface area contributed by atoms with Gasteiger partial charge in [-0.25, -0.2) is 0 Å². The maximum Gasteiger partial charge on any atom is 0.164 e. The highest BCUT2D eigenvalue weighted by Crippen LogP contribution is 2.24. The molecule has 0 bridgehead atoms. The Bertz CT molecular complexity index is 251. The van der Waals surface area contributed by atoms with Crippen molar-refractivity contribution in [3.8, 4) is 0 Å². The average molecular weight is 256 g/mol. The van der Waals surface area contributed by atoms with E-state index in [9.17, 15) is 0 Å². The van der Waals surface area contributed by atoms with Crippen molar-refractivity contribution in [3.05, 3.63) is 12.2 Å². The number of rotatable bonds is 4. The smallest absolute Gasteiger partial charge is 0.164 e. The first kappa shape index (κ1) is 14.0. The molecule has 2 heterocycles. The second-order valence-corrected chi connectivity index (χ2v) is 4.97. The summed E-state index contributed by atoms with van der Waals surface area (Å²) in [6.45, 7) is 6.94. The third-order valence-electron chi connectivity index (χ3n) is 3.32. The van der Waals surface area contributed by atoms with E-state index in [0.717, 1.165) is 26.1 Å². The van der Waals surface area contributed by atoms with Gasteiger partial charge in [-0.1, -0.05) is 25.5 Å². The SMILES string of the molecule is C/C=C/[C@H]1CO[C@H]([C@H]2CO[C@H](CCC)OC2)OC1. The fourth-order valence-electron chi connectivity index (χ4n) is 2.31. The van der Waals surface area contributed by atoms with Gasteiger partial charge in [0.2, 0.25) is 0 Å². The topological polar surface area (TPSA) is 36.9 Å². The molecule has 0 amide bonds. The van der Waals surface area contributed by atoms with Crippen LogP contribution in [0.4, 0.5) is 0 Å². The van der Waals surface area contributed by atoms with Crippen molar-refractivity contribution in [2.45, 2.75) is 39.3 Å². The molecule has 0 spiro atoms. The van der Waals surface area contributed by atoms with Crippen molar-refractivity contribution < 1.29 is 18.9 Å². The van der Waals surface area contributed by atoms with Crippen LogP contribution < -0.4 is 0 Å². The Morgan fingerprint density at radius 2 is 1.67 bits per heavy atom. The van der Waals surface area contributed by atoms with Crippen molar-refractivity contribution in [2.24, 2.45) is 11.8 Å². The third kappa shape index (κ3) is 3.79. The van der Waals surface area contributed by atoms with Crippen LogP contribution in [0.3, 0.4) is 0 Å². The molecule has 0 aromatic rings. The highest BCUT2D eigenvalue weighted by molar-refractivity contribution is 4.87. The summed E-state index contributed by atoms with van der Waals surface area (Å²) in [5.41, 5.74) is 0. The van der Waals surface area contributed by atoms with Crippen LogP contribution in [0.2, 0.25) is 0 Å². The summed E-state index contributed by atoms with van der Waals surface area (Å²) in [6, 6.07) is 0. The lowest BCUT2D eigenvalue weighted by molar-refractivity contribution is -0.278. The van der Waals surface area contributed by atoms with Crippen molar-refractivity contribution in [2.75, 3.05) is 26.4 Å². The predicted molar refractivity (Wildman–Crippen MR) is 68.1 cm³/mol. The molecule has 0 aromatic carbocycles. The van der Waals surface area contributed by atoms with Crippen LogP contribution in [0.5, 0.6) is 0 Å². The maximum atomic E-state index is 5.74. The van der Waals surface area contributed by atoms with Crippen LogP contribution in [0.25, 0.3) is 0 Å². The number of hydrogen-bond acceptors (Lipinski definition) is 4. The summed E-state index contributed by atoms with van der Waals surface area (Å²) in [7, 11) is 0. The summed E-state index contributed by atoms with van der Waals surface area (Å²) >= 11 is 0. The molecule has 2 fully saturated rings. The zero-order valence-electron chi connectivity index (χ0n) is 11.3. The second-order valence-electron chi connectivity index (χ2n) is 4.97. The van der Waals surface area contributed by atoms with Gasteiger partial charge in [0.15, 0.2) is 12.6 Å². The van der Waals surface area contributed by atoms with Crippen LogP contribution in [-0.4, -0.2) is 39.0 Å². The molecule has 2 aliphatic rings. The summed E-state index contributed by atoms with van der Waals surface area (Å²) in [5.74, 6) is 0.578. The molecular weight excluding hydrogens is 232 g/mol. The van der Waals surface area contributed by atoms with Crippen LogP contribution in [0.1, 0.15) is 26.7 Å². The molecule has 104 valence electrons. The van der Waals surface area contributed by atoms with Crippen LogP contribution in [0, 0.1) is 11.8 Å². The standard InChI is InChI=1S/C14H24O4/c1-3-5-11-7-17-14(18-8-11)12-9-15-13(6-4-2)16-10-12/h3,5,11-14H,4,6-10H2,1-2H3/b5-3+/t11-,12-,13-,14-. The van der Waals surface area contributed by atoms with Gasteiger partial charge in [0.1, 0.15) is 0 Å². The van der Waals surface area contributed by atoms with Crippen LogP contribution in [-0.2, 0) is 18.9 Å². The van der Waals surface area contributed by atoms with E-state index >= 15 is 0 Å². The molecule has 0 saturated carbocycles. The lowest BCUT2D eigenvalue weighted by Gasteiger charge is -2.37. The molecule has 0 aliphatic carbocycles. The van der Waals surface area contributed by atoms with E-state index in [-0.39, 0.29) is 18.5 Å². The Morgan fingerprint density at radius 3 is 2.22 bits per heavy atom. The average Bonchev–Trinajstić information content (AvgIpc) is 2.41. The van der Waals surface area contributed by atoms with E-state index in [1.807, 2.05) is 13.0 Å². The van der Waals surface area contributed by atoms with Gasteiger partial charge in [-0.15, -0.1) is 0 Å². The zero-order valence-corrected chi connectivity index (χ0v) is 11.3. The molecule has 0 aromatic heterocycles. The van der Waals surface area contributed by atoms with E-state index in [2.05, 4.69) is 13.0 Å². The van der Waals surface area contributed by atoms with Gasteiger partial charge >= 0.3 is 0 Å². The maximum absolute atomic E-state index is 5.74. The normalized spacial score (nSPS) is 38.1. The molecule has 0 radical (unpaired) electrons. The second kappa shape index (κ2) is 7.24. The Morgan fingerprint density at radius 1 is 1.00 bits per heavy atom. The minimum atomic E-state index is -0.172. The zero-order chi connectivity index (χ0) is 12.8. The molecule has 18 heavy (non-hydrogen) atoms. The van der Waals surface area contributed by atoms with Crippen molar-refractivity contribution in [1.82, 2.24) is 0 Å². The minimum absolute atomic E-state index is 0.0365. The monoisotopic (exact) mass is 256 g/mol.